The number of nitrogens with two attached hydrogens (primary N) is 1. The highest BCUT2D eigenvalue weighted by Gasteiger charge is 2.35. The molecule has 0 atom stereocenters. The first kappa shape index (κ1) is 20.3. The number of piperidine rings is 1. The summed E-state index contributed by atoms with van der Waals surface area (Å²) in [5, 5.41) is 4.30. The van der Waals surface area contributed by atoms with Gasteiger partial charge >= 0.3 is 0 Å². The topological polar surface area (TPSA) is 38.0 Å². The van der Waals surface area contributed by atoms with Crippen molar-refractivity contribution in [3.05, 3.63) is 88.4 Å². The molecule has 3 N–H and O–H groups in total. The van der Waals surface area contributed by atoms with Crippen LogP contribution in [0.25, 0.3) is 0 Å². The largest absolute Gasteiger partial charge is 0.399 e. The predicted molar refractivity (Wildman–Crippen MR) is 125 cm³/mol. The third-order valence-corrected chi connectivity index (χ3v) is 7.18. The molecule has 1 heterocycles. The molecule has 0 spiro atoms. The number of benzene rings is 3. The van der Waals surface area contributed by atoms with E-state index in [4.69, 9.17) is 17.3 Å². The maximum Gasteiger partial charge on any atom is 0.0406 e. The van der Waals surface area contributed by atoms with Crippen molar-refractivity contribution in [2.75, 3.05) is 18.8 Å². The van der Waals surface area contributed by atoms with Gasteiger partial charge in [-0.1, -0.05) is 41.6 Å². The molecule has 0 saturated carbocycles. The molecule has 0 bridgehead atoms. The summed E-state index contributed by atoms with van der Waals surface area (Å²) in [6, 6.07) is 23.4. The third kappa shape index (κ3) is 4.80. The predicted octanol–water partition coefficient (Wildman–Crippen LogP) is 6.25. The average Bonchev–Trinajstić information content (AvgIpc) is 2.73. The summed E-state index contributed by atoms with van der Waals surface area (Å²) in [7, 11) is 0. The maximum atomic E-state index is 6.16. The van der Waals surface area contributed by atoms with Gasteiger partial charge in [-0.2, -0.15) is 0 Å². The van der Waals surface area contributed by atoms with Gasteiger partial charge < -0.3 is 11.1 Å². The summed E-state index contributed by atoms with van der Waals surface area (Å²) in [6.45, 7) is 4.32. The molecule has 2 nitrogen and oxygen atoms in total. The molecule has 4 rings (SSSR count). The molecule has 3 aromatic carbocycles. The lowest BCUT2D eigenvalue weighted by molar-refractivity contribution is 0.304. The first-order valence-electron chi connectivity index (χ1n) is 10.1. The number of rotatable bonds is 5. The summed E-state index contributed by atoms with van der Waals surface area (Å²) in [5.41, 5.74) is 11.3. The lowest BCUT2D eigenvalue weighted by Crippen LogP contribution is -2.42. The van der Waals surface area contributed by atoms with Crippen LogP contribution < -0.4 is 11.1 Å². The molecule has 0 radical (unpaired) electrons. The van der Waals surface area contributed by atoms with Gasteiger partial charge in [0.1, 0.15) is 0 Å². The molecule has 150 valence electrons. The zero-order chi connectivity index (χ0) is 20.3. The molecule has 1 aliphatic rings. The van der Waals surface area contributed by atoms with E-state index in [2.05, 4.69) is 60.8 Å². The van der Waals surface area contributed by atoms with E-state index in [0.717, 1.165) is 43.1 Å². The van der Waals surface area contributed by atoms with Gasteiger partial charge in [0.25, 0.3) is 0 Å². The van der Waals surface area contributed by atoms with Crippen molar-refractivity contribution in [1.29, 1.82) is 0 Å². The molecule has 3 aromatic rings. The van der Waals surface area contributed by atoms with Gasteiger partial charge in [-0.25, -0.2) is 0 Å². The Morgan fingerprint density at radius 3 is 2.21 bits per heavy atom. The molecule has 1 fully saturated rings. The zero-order valence-corrected chi connectivity index (χ0v) is 18.3. The minimum atomic E-state index is 0.148. The van der Waals surface area contributed by atoms with E-state index in [0.29, 0.717) is 0 Å². The smallest absolute Gasteiger partial charge is 0.0406 e. The SMILES string of the molecule is Cc1ccc(N)cc1C1(Cc2ccc(Sc3ccc(Cl)cc3)cc2)CCNCC1. The number of hydrogen-bond acceptors (Lipinski definition) is 3. The lowest BCUT2D eigenvalue weighted by Gasteiger charge is -2.39. The molecule has 1 aliphatic heterocycles. The first-order chi connectivity index (χ1) is 14.0. The Bertz CT molecular complexity index is 961. The Labute approximate surface area is 182 Å². The standard InChI is InChI=1S/C25H27ClN2S/c1-18-2-7-21(27)16-24(18)25(12-14-28-15-13-25)17-19-3-8-22(9-4-19)29-23-10-5-20(26)6-11-23/h2-11,16,28H,12-15,17,27H2,1H3. The fourth-order valence-corrected chi connectivity index (χ4v) is 5.30. The van der Waals surface area contributed by atoms with Crippen LogP contribution in [0.3, 0.4) is 0 Å². The fraction of sp³-hybridized carbons (Fsp3) is 0.280. The molecule has 29 heavy (non-hydrogen) atoms. The Hall–Kier alpha value is -1.94. The van der Waals surface area contributed by atoms with Crippen LogP contribution in [0.1, 0.15) is 29.5 Å². The van der Waals surface area contributed by atoms with Crippen molar-refractivity contribution in [1.82, 2.24) is 5.32 Å². The van der Waals surface area contributed by atoms with Crippen LogP contribution in [-0.2, 0) is 11.8 Å². The minimum absolute atomic E-state index is 0.148. The number of anilines is 1. The Balaban J connectivity index is 1.56. The van der Waals surface area contributed by atoms with E-state index in [9.17, 15) is 0 Å². The van der Waals surface area contributed by atoms with Gasteiger partial charge in [0.15, 0.2) is 0 Å². The van der Waals surface area contributed by atoms with Gasteiger partial charge in [-0.3, -0.25) is 0 Å². The lowest BCUT2D eigenvalue weighted by atomic mass is 9.68. The van der Waals surface area contributed by atoms with E-state index in [1.165, 1.54) is 26.5 Å². The summed E-state index contributed by atoms with van der Waals surface area (Å²) in [6.07, 6.45) is 3.32. The van der Waals surface area contributed by atoms with Crippen LogP contribution in [0.15, 0.2) is 76.5 Å². The Kier molecular flexibility index (Phi) is 6.19. The van der Waals surface area contributed by atoms with Crippen LogP contribution >= 0.6 is 23.4 Å². The van der Waals surface area contributed by atoms with Gasteiger partial charge in [-0.15, -0.1) is 0 Å². The van der Waals surface area contributed by atoms with Crippen molar-refractivity contribution < 1.29 is 0 Å². The molecular formula is C25H27ClN2S. The van der Waals surface area contributed by atoms with Gasteiger partial charge in [0.05, 0.1) is 0 Å². The van der Waals surface area contributed by atoms with E-state index < -0.39 is 0 Å². The molecule has 0 amide bonds. The summed E-state index contributed by atoms with van der Waals surface area (Å²) >= 11 is 7.76. The molecular weight excluding hydrogens is 396 g/mol. The number of aryl methyl sites for hydroxylation is 1. The Morgan fingerprint density at radius 2 is 1.55 bits per heavy atom. The fourth-order valence-electron chi connectivity index (χ4n) is 4.36. The van der Waals surface area contributed by atoms with Crippen LogP contribution in [-0.4, -0.2) is 13.1 Å². The number of nitrogens with one attached hydrogen (secondary N) is 1. The highest BCUT2D eigenvalue weighted by molar-refractivity contribution is 7.99. The average molecular weight is 423 g/mol. The van der Waals surface area contributed by atoms with Gasteiger partial charge in [0.2, 0.25) is 0 Å². The van der Waals surface area contributed by atoms with Crippen LogP contribution in [0.2, 0.25) is 5.02 Å². The van der Waals surface area contributed by atoms with E-state index in [-0.39, 0.29) is 5.41 Å². The molecule has 1 saturated heterocycles. The second-order valence-corrected chi connectivity index (χ2v) is 9.56. The molecule has 0 aliphatic carbocycles. The highest BCUT2D eigenvalue weighted by Crippen LogP contribution is 2.40. The second kappa shape index (κ2) is 8.83. The van der Waals surface area contributed by atoms with Crippen molar-refractivity contribution in [2.24, 2.45) is 0 Å². The summed E-state index contributed by atoms with van der Waals surface area (Å²) < 4.78 is 0. The first-order valence-corrected chi connectivity index (χ1v) is 11.3. The molecule has 0 unspecified atom stereocenters. The van der Waals surface area contributed by atoms with Crippen molar-refractivity contribution in [3.8, 4) is 0 Å². The van der Waals surface area contributed by atoms with E-state index >= 15 is 0 Å². The maximum absolute atomic E-state index is 6.16. The van der Waals surface area contributed by atoms with Crippen molar-refractivity contribution >= 4 is 29.1 Å². The second-order valence-electron chi connectivity index (χ2n) is 7.98. The summed E-state index contributed by atoms with van der Waals surface area (Å²) in [4.78, 5) is 2.45. The highest BCUT2D eigenvalue weighted by atomic mass is 35.5. The zero-order valence-electron chi connectivity index (χ0n) is 16.7. The monoisotopic (exact) mass is 422 g/mol. The normalized spacial score (nSPS) is 15.9. The molecule has 0 aromatic heterocycles. The van der Waals surface area contributed by atoms with Gasteiger partial charge in [-0.05, 0) is 104 Å². The van der Waals surface area contributed by atoms with Crippen molar-refractivity contribution in [2.45, 2.75) is 41.4 Å². The quantitative estimate of drug-likeness (QED) is 0.477. The number of hydrogen-bond donors (Lipinski definition) is 2. The van der Waals surface area contributed by atoms with Crippen LogP contribution in [0.5, 0.6) is 0 Å². The number of halogens is 1. The van der Waals surface area contributed by atoms with Gasteiger partial charge in [0, 0.05) is 25.9 Å². The minimum Gasteiger partial charge on any atom is -0.399 e. The van der Waals surface area contributed by atoms with Crippen LogP contribution in [0.4, 0.5) is 5.69 Å². The van der Waals surface area contributed by atoms with E-state index in [1.54, 1.807) is 11.8 Å². The van der Waals surface area contributed by atoms with Crippen molar-refractivity contribution in [3.63, 3.8) is 0 Å². The third-order valence-electron chi connectivity index (χ3n) is 5.91. The van der Waals surface area contributed by atoms with Crippen LogP contribution in [0, 0.1) is 6.92 Å². The molecule has 4 heteroatoms. The Morgan fingerprint density at radius 1 is 0.931 bits per heavy atom. The summed E-state index contributed by atoms with van der Waals surface area (Å²) in [5.74, 6) is 0. The van der Waals surface area contributed by atoms with E-state index in [1.807, 2.05) is 18.2 Å². The number of nitrogen functional groups attached to an aromatic ring is 1.